The number of rotatable bonds is 7. The van der Waals surface area contributed by atoms with E-state index in [0.29, 0.717) is 17.2 Å². The summed E-state index contributed by atoms with van der Waals surface area (Å²) in [7, 11) is 0. The Morgan fingerprint density at radius 1 is 1.07 bits per heavy atom. The molecule has 0 bridgehead atoms. The van der Waals surface area contributed by atoms with E-state index in [-0.39, 0.29) is 42.0 Å². The Morgan fingerprint density at radius 3 is 2.56 bits per heavy atom. The zero-order valence-corrected chi connectivity index (χ0v) is 14.8. The lowest BCUT2D eigenvalue weighted by atomic mass is 10.2. The van der Waals surface area contributed by atoms with Crippen molar-refractivity contribution < 1.29 is 23.4 Å². The first kappa shape index (κ1) is 18.3. The lowest BCUT2D eigenvalue weighted by Crippen LogP contribution is -2.13. The molecule has 7 nitrogen and oxygen atoms in total. The summed E-state index contributed by atoms with van der Waals surface area (Å²) in [6.45, 7) is 2.38. The largest absolute Gasteiger partial charge is 0.490 e. The van der Waals surface area contributed by atoms with Crippen molar-refractivity contribution >= 4 is 22.6 Å². The van der Waals surface area contributed by atoms with Gasteiger partial charge in [-0.25, -0.2) is 4.79 Å². The number of nitrogens with two attached hydrogens (primary N) is 1. The zero-order valence-electron chi connectivity index (χ0n) is 14.8. The summed E-state index contributed by atoms with van der Waals surface area (Å²) in [5.41, 5.74) is 6.15. The third-order valence-corrected chi connectivity index (χ3v) is 3.68. The van der Waals surface area contributed by atoms with Crippen molar-refractivity contribution in [1.82, 2.24) is 0 Å². The van der Waals surface area contributed by atoms with Crippen molar-refractivity contribution in [3.8, 4) is 11.5 Å². The fourth-order valence-corrected chi connectivity index (χ4v) is 2.48. The molecule has 0 saturated carbocycles. The molecular weight excluding hydrogens is 350 g/mol. The lowest BCUT2D eigenvalue weighted by molar-refractivity contribution is 0.0490. The van der Waals surface area contributed by atoms with E-state index in [2.05, 4.69) is 0 Å². The molecular formula is C20H19NO6. The highest BCUT2D eigenvalue weighted by molar-refractivity contribution is 5.90. The van der Waals surface area contributed by atoms with Crippen LogP contribution in [0.5, 0.6) is 11.5 Å². The zero-order chi connectivity index (χ0) is 19.2. The van der Waals surface area contributed by atoms with Gasteiger partial charge in [-0.2, -0.15) is 0 Å². The second-order valence-electron chi connectivity index (χ2n) is 5.59. The quantitative estimate of drug-likeness (QED) is 0.388. The van der Waals surface area contributed by atoms with Gasteiger partial charge in [0.15, 0.2) is 5.43 Å². The minimum Gasteiger partial charge on any atom is -0.490 e. The van der Waals surface area contributed by atoms with Crippen LogP contribution < -0.4 is 20.6 Å². The van der Waals surface area contributed by atoms with Crippen LogP contribution in [0.3, 0.4) is 0 Å². The highest BCUT2D eigenvalue weighted by Crippen LogP contribution is 2.23. The molecule has 27 heavy (non-hydrogen) atoms. The molecule has 0 aliphatic carbocycles. The maximum atomic E-state index is 12.4. The summed E-state index contributed by atoms with van der Waals surface area (Å²) >= 11 is 0. The first-order valence-electron chi connectivity index (χ1n) is 8.43. The molecule has 0 unspecified atom stereocenters. The van der Waals surface area contributed by atoms with Crippen LogP contribution in [0, 0.1) is 0 Å². The molecule has 2 aromatic carbocycles. The Kier molecular flexibility index (Phi) is 5.61. The van der Waals surface area contributed by atoms with Crippen LogP contribution in [0.25, 0.3) is 11.0 Å². The number of anilines is 1. The molecule has 0 aliphatic heterocycles. The molecule has 0 fully saturated rings. The average Bonchev–Trinajstić information content (AvgIpc) is 2.66. The number of carbonyl (C=O) groups is 1. The summed E-state index contributed by atoms with van der Waals surface area (Å²) in [6.07, 6.45) is 0. The number of fused-ring (bicyclic) bond motifs is 1. The molecule has 0 amide bonds. The number of benzene rings is 2. The third kappa shape index (κ3) is 4.38. The number of hydrogen-bond donors (Lipinski definition) is 1. The van der Waals surface area contributed by atoms with Crippen LogP contribution in [-0.4, -0.2) is 25.8 Å². The number of nitrogen functional groups attached to an aromatic ring is 1. The summed E-state index contributed by atoms with van der Waals surface area (Å²) < 4.78 is 21.6. The van der Waals surface area contributed by atoms with Gasteiger partial charge in [0.25, 0.3) is 0 Å². The topological polar surface area (TPSA) is 101 Å². The molecule has 3 rings (SSSR count). The average molecular weight is 369 g/mol. The van der Waals surface area contributed by atoms with Crippen molar-refractivity contribution in [3.63, 3.8) is 0 Å². The summed E-state index contributed by atoms with van der Waals surface area (Å²) in [5, 5.41) is 0.262. The second-order valence-corrected chi connectivity index (χ2v) is 5.59. The van der Waals surface area contributed by atoms with E-state index in [0.717, 1.165) is 6.07 Å². The molecule has 1 heterocycles. The highest BCUT2D eigenvalue weighted by Gasteiger charge is 2.15. The molecule has 3 aromatic rings. The summed E-state index contributed by atoms with van der Waals surface area (Å²) in [6, 6.07) is 13.1. The van der Waals surface area contributed by atoms with Gasteiger partial charge in [0.1, 0.15) is 35.7 Å². The van der Waals surface area contributed by atoms with Gasteiger partial charge in [0, 0.05) is 11.8 Å². The van der Waals surface area contributed by atoms with Crippen molar-refractivity contribution in [1.29, 1.82) is 0 Å². The molecule has 140 valence electrons. The molecule has 2 N–H and O–H groups in total. The normalized spacial score (nSPS) is 10.6. The SMILES string of the molecule is CCOC(=O)c1cc(=O)c2c(OCCOc3ccc(N)cc3)cccc2o1. The maximum Gasteiger partial charge on any atom is 0.374 e. The monoisotopic (exact) mass is 369 g/mol. The predicted octanol–water partition coefficient (Wildman–Crippen LogP) is 3.01. The fourth-order valence-electron chi connectivity index (χ4n) is 2.48. The van der Waals surface area contributed by atoms with Gasteiger partial charge in [-0.3, -0.25) is 4.79 Å². The van der Waals surface area contributed by atoms with Crippen LogP contribution in [0.1, 0.15) is 17.5 Å². The Morgan fingerprint density at radius 2 is 1.81 bits per heavy atom. The number of hydrogen-bond acceptors (Lipinski definition) is 7. The standard InChI is InChI=1S/C20H19NO6/c1-2-24-20(23)18-12-15(22)19-16(4-3-5-17(19)27-18)26-11-10-25-14-8-6-13(21)7-9-14/h3-9,12H,2,10-11,21H2,1H3. The van der Waals surface area contributed by atoms with E-state index in [4.69, 9.17) is 24.4 Å². The Hall–Kier alpha value is -3.48. The first-order valence-corrected chi connectivity index (χ1v) is 8.43. The maximum absolute atomic E-state index is 12.4. The molecule has 0 saturated heterocycles. The van der Waals surface area contributed by atoms with Gasteiger partial charge in [-0.15, -0.1) is 0 Å². The Labute approximate surface area is 155 Å². The Balaban J connectivity index is 1.72. The molecule has 1 aromatic heterocycles. The Bertz CT molecular complexity index is 994. The van der Waals surface area contributed by atoms with Crippen LogP contribution in [0.2, 0.25) is 0 Å². The molecule has 7 heteroatoms. The highest BCUT2D eigenvalue weighted by atomic mass is 16.5. The fraction of sp³-hybridized carbons (Fsp3) is 0.200. The van der Waals surface area contributed by atoms with Gasteiger partial charge < -0.3 is 24.4 Å². The molecule has 0 atom stereocenters. The lowest BCUT2D eigenvalue weighted by Gasteiger charge is -2.10. The number of ether oxygens (including phenoxy) is 3. The third-order valence-electron chi connectivity index (χ3n) is 3.68. The minimum absolute atomic E-state index is 0.141. The first-order chi connectivity index (χ1) is 13.1. The van der Waals surface area contributed by atoms with E-state index in [9.17, 15) is 9.59 Å². The van der Waals surface area contributed by atoms with Gasteiger partial charge in [-0.1, -0.05) is 6.07 Å². The van der Waals surface area contributed by atoms with Crippen LogP contribution in [0.15, 0.2) is 57.7 Å². The van der Waals surface area contributed by atoms with E-state index in [1.165, 1.54) is 0 Å². The summed E-state index contributed by atoms with van der Waals surface area (Å²) in [4.78, 5) is 24.2. The van der Waals surface area contributed by atoms with Gasteiger partial charge in [0.05, 0.1) is 6.61 Å². The summed E-state index contributed by atoms with van der Waals surface area (Å²) in [5.74, 6) is 0.208. The van der Waals surface area contributed by atoms with Gasteiger partial charge in [0.2, 0.25) is 5.76 Å². The van der Waals surface area contributed by atoms with E-state index >= 15 is 0 Å². The smallest absolute Gasteiger partial charge is 0.374 e. The molecule has 0 radical (unpaired) electrons. The van der Waals surface area contributed by atoms with Gasteiger partial charge >= 0.3 is 5.97 Å². The van der Waals surface area contributed by atoms with Gasteiger partial charge in [-0.05, 0) is 43.3 Å². The van der Waals surface area contributed by atoms with Crippen LogP contribution in [0.4, 0.5) is 5.69 Å². The minimum atomic E-state index is -0.681. The predicted molar refractivity (Wildman–Crippen MR) is 100 cm³/mol. The number of carbonyl (C=O) groups excluding carboxylic acids is 1. The van der Waals surface area contributed by atoms with E-state index in [1.54, 1.807) is 49.4 Å². The van der Waals surface area contributed by atoms with Crippen molar-refractivity contribution in [3.05, 3.63) is 64.5 Å². The number of esters is 1. The van der Waals surface area contributed by atoms with Crippen LogP contribution >= 0.6 is 0 Å². The van der Waals surface area contributed by atoms with Crippen LogP contribution in [-0.2, 0) is 4.74 Å². The molecule has 0 aliphatic rings. The van der Waals surface area contributed by atoms with E-state index < -0.39 is 5.97 Å². The second kappa shape index (κ2) is 8.27. The van der Waals surface area contributed by atoms with E-state index in [1.807, 2.05) is 0 Å². The van der Waals surface area contributed by atoms with Crippen molar-refractivity contribution in [2.45, 2.75) is 6.92 Å². The van der Waals surface area contributed by atoms with Crippen molar-refractivity contribution in [2.75, 3.05) is 25.6 Å². The molecule has 0 spiro atoms. The van der Waals surface area contributed by atoms with Crippen molar-refractivity contribution in [2.24, 2.45) is 0 Å².